The Balaban J connectivity index is 2.88. The number of nitrogens with one attached hydrogen (secondary N) is 1. The lowest BCUT2D eigenvalue weighted by molar-refractivity contribution is 0.0369. The predicted molar refractivity (Wildman–Crippen MR) is 88.7 cm³/mol. The highest BCUT2D eigenvalue weighted by atomic mass is 16.6. The summed E-state index contributed by atoms with van der Waals surface area (Å²) in [5.41, 5.74) is 0.353. The van der Waals surface area contributed by atoms with Gasteiger partial charge in [-0.15, -0.1) is 0 Å². The third-order valence-corrected chi connectivity index (χ3v) is 3.43. The van der Waals surface area contributed by atoms with Crippen LogP contribution in [0.15, 0.2) is 30.3 Å². The first kappa shape index (κ1) is 19.0. The number of aliphatic hydroxyl groups excluding tert-OH is 1. The molecule has 0 aliphatic rings. The largest absolute Gasteiger partial charge is 0.444 e. The van der Waals surface area contributed by atoms with Crippen molar-refractivity contribution >= 4 is 6.09 Å². The zero-order chi connectivity index (χ0) is 17.5. The highest BCUT2D eigenvalue weighted by molar-refractivity contribution is 5.68. The zero-order valence-electron chi connectivity index (χ0n) is 14.2. The van der Waals surface area contributed by atoms with E-state index in [1.807, 2.05) is 37.3 Å². The highest BCUT2D eigenvalue weighted by Gasteiger charge is 2.29. The Morgan fingerprint density at radius 2 is 1.96 bits per heavy atom. The first-order chi connectivity index (χ1) is 10.8. The highest BCUT2D eigenvalue weighted by Crippen LogP contribution is 2.16. The number of benzene rings is 1. The third kappa shape index (κ3) is 6.70. The topological polar surface area (TPSA) is 82.4 Å². The second-order valence-electron chi connectivity index (χ2n) is 6.58. The van der Waals surface area contributed by atoms with Crippen molar-refractivity contribution in [1.82, 2.24) is 5.32 Å². The van der Waals surface area contributed by atoms with E-state index in [4.69, 9.17) is 4.74 Å². The van der Waals surface area contributed by atoms with Crippen LogP contribution < -0.4 is 5.32 Å². The van der Waals surface area contributed by atoms with Gasteiger partial charge in [-0.3, -0.25) is 0 Å². The van der Waals surface area contributed by atoms with Crippen LogP contribution in [0, 0.1) is 17.2 Å². The van der Waals surface area contributed by atoms with E-state index in [2.05, 4.69) is 11.4 Å². The van der Waals surface area contributed by atoms with Crippen molar-refractivity contribution in [3.63, 3.8) is 0 Å². The molecule has 0 heterocycles. The standard InChI is InChI=1S/C18H26N2O3/c1-5-14(12-19)16(21)15(11-13-9-7-6-8-10-13)20-17(22)23-18(2,3)4/h6-10,14-16,21H,5,11H2,1-4H3,(H,20,22). The number of nitriles is 1. The second-order valence-corrected chi connectivity index (χ2v) is 6.58. The van der Waals surface area contributed by atoms with Gasteiger partial charge in [-0.05, 0) is 39.2 Å². The van der Waals surface area contributed by atoms with Gasteiger partial charge in [0, 0.05) is 0 Å². The van der Waals surface area contributed by atoms with Gasteiger partial charge in [0.25, 0.3) is 0 Å². The van der Waals surface area contributed by atoms with Gasteiger partial charge in [-0.1, -0.05) is 37.3 Å². The molecule has 0 fully saturated rings. The van der Waals surface area contributed by atoms with Crippen LogP contribution >= 0.6 is 0 Å². The number of rotatable bonds is 6. The summed E-state index contributed by atoms with van der Waals surface area (Å²) in [7, 11) is 0. The monoisotopic (exact) mass is 318 g/mol. The molecule has 0 aromatic heterocycles. The quantitative estimate of drug-likeness (QED) is 0.844. The summed E-state index contributed by atoms with van der Waals surface area (Å²) in [5.74, 6) is -0.543. The lowest BCUT2D eigenvalue weighted by atomic mass is 9.91. The number of ether oxygens (including phenoxy) is 1. The lowest BCUT2D eigenvalue weighted by Gasteiger charge is -2.28. The molecule has 5 heteroatoms. The van der Waals surface area contributed by atoms with Crippen LogP contribution in [0.2, 0.25) is 0 Å². The van der Waals surface area contributed by atoms with Gasteiger partial charge in [0.2, 0.25) is 0 Å². The number of nitrogens with zero attached hydrogens (tertiary/aromatic N) is 1. The fraction of sp³-hybridized carbons (Fsp3) is 0.556. The molecule has 1 amide bonds. The molecule has 2 N–H and O–H groups in total. The number of aliphatic hydroxyl groups is 1. The van der Waals surface area contributed by atoms with Crippen LogP contribution in [0.3, 0.4) is 0 Å². The van der Waals surface area contributed by atoms with Gasteiger partial charge >= 0.3 is 6.09 Å². The van der Waals surface area contributed by atoms with E-state index >= 15 is 0 Å². The molecule has 1 aromatic rings. The molecular weight excluding hydrogens is 292 g/mol. The minimum atomic E-state index is -0.960. The Morgan fingerprint density at radius 1 is 1.35 bits per heavy atom. The molecular formula is C18H26N2O3. The summed E-state index contributed by atoms with van der Waals surface area (Å²) in [6.45, 7) is 7.17. The van der Waals surface area contributed by atoms with E-state index in [0.717, 1.165) is 5.56 Å². The summed E-state index contributed by atoms with van der Waals surface area (Å²) in [6.07, 6.45) is -0.610. The summed E-state index contributed by atoms with van der Waals surface area (Å²) < 4.78 is 5.26. The lowest BCUT2D eigenvalue weighted by Crippen LogP contribution is -2.49. The summed E-state index contributed by atoms with van der Waals surface area (Å²) in [4.78, 5) is 12.0. The van der Waals surface area contributed by atoms with Gasteiger partial charge in [0.1, 0.15) is 5.60 Å². The molecule has 0 spiro atoms. The smallest absolute Gasteiger partial charge is 0.407 e. The van der Waals surface area contributed by atoms with Gasteiger partial charge in [-0.2, -0.15) is 5.26 Å². The molecule has 0 aliphatic carbocycles. The molecule has 3 atom stereocenters. The van der Waals surface area contributed by atoms with E-state index in [1.54, 1.807) is 20.8 Å². The first-order valence-corrected chi connectivity index (χ1v) is 7.88. The Morgan fingerprint density at radius 3 is 2.43 bits per heavy atom. The van der Waals surface area contributed by atoms with Crippen molar-refractivity contribution in [3.05, 3.63) is 35.9 Å². The van der Waals surface area contributed by atoms with E-state index in [9.17, 15) is 15.2 Å². The molecule has 0 radical (unpaired) electrons. The van der Waals surface area contributed by atoms with Crippen molar-refractivity contribution < 1.29 is 14.6 Å². The molecule has 1 aromatic carbocycles. The number of carbonyl (C=O) groups excluding carboxylic acids is 1. The zero-order valence-corrected chi connectivity index (χ0v) is 14.2. The van der Waals surface area contributed by atoms with E-state index in [-0.39, 0.29) is 0 Å². The molecule has 0 bridgehead atoms. The molecule has 126 valence electrons. The maximum Gasteiger partial charge on any atom is 0.407 e. The van der Waals surface area contributed by atoms with Crippen LogP contribution in [-0.4, -0.2) is 28.9 Å². The number of carbonyl (C=O) groups is 1. The molecule has 23 heavy (non-hydrogen) atoms. The van der Waals surface area contributed by atoms with Gasteiger partial charge < -0.3 is 15.2 Å². The van der Waals surface area contributed by atoms with Gasteiger partial charge in [0.05, 0.1) is 24.1 Å². The minimum absolute atomic E-state index is 0.430. The Kier molecular flexibility index (Phi) is 7.05. The van der Waals surface area contributed by atoms with E-state index in [1.165, 1.54) is 0 Å². The van der Waals surface area contributed by atoms with Gasteiger partial charge in [-0.25, -0.2) is 4.79 Å². The van der Waals surface area contributed by atoms with Gasteiger partial charge in [0.15, 0.2) is 0 Å². The average Bonchev–Trinajstić information content (AvgIpc) is 2.47. The second kappa shape index (κ2) is 8.54. The Labute approximate surface area is 138 Å². The number of hydrogen-bond donors (Lipinski definition) is 2. The van der Waals surface area contributed by atoms with E-state index in [0.29, 0.717) is 12.8 Å². The van der Waals surface area contributed by atoms with Crippen LogP contribution in [0.5, 0.6) is 0 Å². The molecule has 0 aliphatic heterocycles. The average molecular weight is 318 g/mol. The molecule has 3 unspecified atom stereocenters. The van der Waals surface area contributed by atoms with Crippen molar-refractivity contribution in [2.24, 2.45) is 5.92 Å². The summed E-state index contributed by atoms with van der Waals surface area (Å²) in [6, 6.07) is 11.0. The summed E-state index contributed by atoms with van der Waals surface area (Å²) in [5, 5.41) is 22.4. The maximum absolute atomic E-state index is 12.0. The first-order valence-electron chi connectivity index (χ1n) is 7.88. The van der Waals surface area contributed by atoms with Crippen LogP contribution in [0.1, 0.15) is 39.7 Å². The summed E-state index contributed by atoms with van der Waals surface area (Å²) >= 11 is 0. The Bertz CT molecular complexity index is 531. The van der Waals surface area contributed by atoms with Crippen molar-refractivity contribution in [2.75, 3.05) is 0 Å². The van der Waals surface area contributed by atoms with Crippen molar-refractivity contribution in [2.45, 2.75) is 58.3 Å². The normalized spacial score (nSPS) is 15.1. The fourth-order valence-electron chi connectivity index (χ4n) is 2.27. The fourth-order valence-corrected chi connectivity index (χ4v) is 2.27. The van der Waals surface area contributed by atoms with E-state index < -0.39 is 29.8 Å². The van der Waals surface area contributed by atoms with Crippen molar-refractivity contribution in [1.29, 1.82) is 5.26 Å². The third-order valence-electron chi connectivity index (χ3n) is 3.43. The maximum atomic E-state index is 12.0. The molecule has 0 saturated heterocycles. The molecule has 1 rings (SSSR count). The van der Waals surface area contributed by atoms with Crippen LogP contribution in [-0.2, 0) is 11.2 Å². The van der Waals surface area contributed by atoms with Crippen LogP contribution in [0.4, 0.5) is 4.79 Å². The number of amides is 1. The Hall–Kier alpha value is -2.06. The SMILES string of the molecule is CCC(C#N)C(O)C(Cc1ccccc1)NC(=O)OC(C)(C)C. The number of hydrogen-bond acceptors (Lipinski definition) is 4. The van der Waals surface area contributed by atoms with Crippen LogP contribution in [0.25, 0.3) is 0 Å². The minimum Gasteiger partial charge on any atom is -0.444 e. The molecule has 5 nitrogen and oxygen atoms in total. The molecule has 0 saturated carbocycles. The predicted octanol–water partition coefficient (Wildman–Crippen LogP) is 3.03. The number of alkyl carbamates (subject to hydrolysis) is 1. The van der Waals surface area contributed by atoms with Crippen molar-refractivity contribution in [3.8, 4) is 6.07 Å².